The van der Waals surface area contributed by atoms with Crippen LogP contribution in [0, 0.1) is 0 Å². The molecule has 1 aliphatic heterocycles. The number of amides is 1. The topological polar surface area (TPSA) is 77.5 Å². The quantitative estimate of drug-likeness (QED) is 0.718. The van der Waals surface area contributed by atoms with Gasteiger partial charge in [-0.2, -0.15) is 4.52 Å². The van der Waals surface area contributed by atoms with E-state index in [0.717, 1.165) is 12.2 Å². The molecule has 4 heterocycles. The Morgan fingerprint density at radius 1 is 1.35 bits per heavy atom. The highest BCUT2D eigenvalue weighted by Gasteiger charge is 2.27. The van der Waals surface area contributed by atoms with Crippen LogP contribution in [0.15, 0.2) is 36.8 Å². The van der Waals surface area contributed by atoms with Crippen LogP contribution in [0.3, 0.4) is 0 Å². The highest BCUT2D eigenvalue weighted by Crippen LogP contribution is 2.25. The van der Waals surface area contributed by atoms with Gasteiger partial charge in [-0.1, -0.05) is 0 Å². The first-order valence-corrected chi connectivity index (χ1v) is 7.47. The molecule has 8 nitrogen and oxygen atoms in total. The summed E-state index contributed by atoms with van der Waals surface area (Å²) in [4.78, 5) is 14.3. The SMILES string of the molecule is C[C@@H]1c2cccn2CCN1C(=O)COc1ccc2nncn2n1. The van der Waals surface area contributed by atoms with Crippen LogP contribution >= 0.6 is 0 Å². The zero-order valence-corrected chi connectivity index (χ0v) is 12.7. The van der Waals surface area contributed by atoms with Crippen LogP contribution in [-0.4, -0.2) is 48.3 Å². The van der Waals surface area contributed by atoms with Gasteiger partial charge in [0.2, 0.25) is 5.88 Å². The highest BCUT2D eigenvalue weighted by molar-refractivity contribution is 5.78. The molecule has 4 rings (SSSR count). The molecule has 0 aliphatic carbocycles. The summed E-state index contributed by atoms with van der Waals surface area (Å²) in [5, 5.41) is 11.8. The van der Waals surface area contributed by atoms with Crippen LogP contribution in [0.5, 0.6) is 5.88 Å². The van der Waals surface area contributed by atoms with E-state index in [1.165, 1.54) is 10.8 Å². The molecule has 118 valence electrons. The maximum Gasteiger partial charge on any atom is 0.261 e. The molecule has 0 N–H and O–H groups in total. The Morgan fingerprint density at radius 3 is 3.17 bits per heavy atom. The number of hydrogen-bond acceptors (Lipinski definition) is 5. The Bertz CT molecular complexity index is 854. The first-order chi connectivity index (χ1) is 11.2. The third-order valence-electron chi connectivity index (χ3n) is 4.14. The summed E-state index contributed by atoms with van der Waals surface area (Å²) < 4.78 is 9.22. The molecule has 1 amide bonds. The Morgan fingerprint density at radius 2 is 2.26 bits per heavy atom. The van der Waals surface area contributed by atoms with Crippen molar-refractivity contribution in [2.24, 2.45) is 0 Å². The van der Waals surface area contributed by atoms with Crippen LogP contribution in [0.4, 0.5) is 0 Å². The maximum absolute atomic E-state index is 12.5. The molecule has 1 atom stereocenters. The lowest BCUT2D eigenvalue weighted by Crippen LogP contribution is -2.42. The van der Waals surface area contributed by atoms with E-state index in [4.69, 9.17) is 4.74 Å². The van der Waals surface area contributed by atoms with E-state index in [1.807, 2.05) is 30.2 Å². The molecular formula is C15H16N6O2. The zero-order chi connectivity index (χ0) is 15.8. The summed E-state index contributed by atoms with van der Waals surface area (Å²) in [6, 6.07) is 7.53. The van der Waals surface area contributed by atoms with Gasteiger partial charge in [0.15, 0.2) is 12.3 Å². The molecule has 0 radical (unpaired) electrons. The van der Waals surface area contributed by atoms with Gasteiger partial charge in [-0.3, -0.25) is 4.79 Å². The first kappa shape index (κ1) is 13.7. The molecule has 23 heavy (non-hydrogen) atoms. The standard InChI is InChI=1S/C15H16N6O2/c1-11-12-3-2-6-19(12)7-8-20(11)15(22)9-23-14-5-4-13-17-16-10-21(13)18-14/h2-6,10-11H,7-9H2,1H3/t11-/m1/s1. The summed E-state index contributed by atoms with van der Waals surface area (Å²) in [5.41, 5.74) is 1.78. The second-order valence-electron chi connectivity index (χ2n) is 5.48. The van der Waals surface area contributed by atoms with Gasteiger partial charge in [0.1, 0.15) is 6.33 Å². The number of nitrogens with zero attached hydrogens (tertiary/aromatic N) is 6. The summed E-state index contributed by atoms with van der Waals surface area (Å²) in [6.45, 7) is 3.49. The molecule has 0 saturated carbocycles. The molecule has 0 saturated heterocycles. The van der Waals surface area contributed by atoms with Crippen molar-refractivity contribution in [3.8, 4) is 5.88 Å². The van der Waals surface area contributed by atoms with Crippen LogP contribution in [0.25, 0.3) is 5.65 Å². The largest absolute Gasteiger partial charge is 0.467 e. The minimum absolute atomic E-state index is 0.0360. The molecule has 0 aromatic carbocycles. The normalized spacial score (nSPS) is 17.3. The molecule has 3 aromatic rings. The number of carbonyl (C=O) groups is 1. The van der Waals surface area contributed by atoms with Crippen LogP contribution in [0.2, 0.25) is 0 Å². The third kappa shape index (κ3) is 2.41. The zero-order valence-electron chi connectivity index (χ0n) is 12.7. The second kappa shape index (κ2) is 5.38. The van der Waals surface area contributed by atoms with Crippen molar-refractivity contribution in [2.75, 3.05) is 13.2 Å². The van der Waals surface area contributed by atoms with Crippen molar-refractivity contribution >= 4 is 11.6 Å². The molecular weight excluding hydrogens is 296 g/mol. The van der Waals surface area contributed by atoms with Crippen LogP contribution in [0.1, 0.15) is 18.7 Å². The van der Waals surface area contributed by atoms with Gasteiger partial charge in [-0.25, -0.2) is 0 Å². The molecule has 0 unspecified atom stereocenters. The Hall–Kier alpha value is -2.90. The fourth-order valence-corrected chi connectivity index (χ4v) is 2.93. The van der Waals surface area contributed by atoms with E-state index in [2.05, 4.69) is 19.9 Å². The minimum atomic E-state index is -0.0457. The van der Waals surface area contributed by atoms with E-state index >= 15 is 0 Å². The summed E-state index contributed by atoms with van der Waals surface area (Å²) in [5.74, 6) is 0.328. The molecule has 8 heteroatoms. The molecule has 1 aliphatic rings. The Labute approximate surface area is 132 Å². The average molecular weight is 312 g/mol. The van der Waals surface area contributed by atoms with Crippen molar-refractivity contribution in [2.45, 2.75) is 19.5 Å². The minimum Gasteiger partial charge on any atom is -0.467 e. The lowest BCUT2D eigenvalue weighted by atomic mass is 10.1. The fourth-order valence-electron chi connectivity index (χ4n) is 2.93. The van der Waals surface area contributed by atoms with Crippen molar-refractivity contribution in [1.82, 2.24) is 29.3 Å². The first-order valence-electron chi connectivity index (χ1n) is 7.47. The smallest absolute Gasteiger partial charge is 0.261 e. The van der Waals surface area contributed by atoms with Crippen molar-refractivity contribution in [1.29, 1.82) is 0 Å². The summed E-state index contributed by atoms with van der Waals surface area (Å²) in [6.07, 6.45) is 3.54. The summed E-state index contributed by atoms with van der Waals surface area (Å²) >= 11 is 0. The number of hydrogen-bond donors (Lipinski definition) is 0. The summed E-state index contributed by atoms with van der Waals surface area (Å²) in [7, 11) is 0. The fraction of sp³-hybridized carbons (Fsp3) is 0.333. The maximum atomic E-state index is 12.5. The van der Waals surface area contributed by atoms with E-state index in [0.29, 0.717) is 18.1 Å². The number of rotatable bonds is 3. The van der Waals surface area contributed by atoms with Gasteiger partial charge in [-0.15, -0.1) is 15.3 Å². The average Bonchev–Trinajstić information content (AvgIpc) is 3.21. The molecule has 3 aromatic heterocycles. The lowest BCUT2D eigenvalue weighted by molar-refractivity contribution is -0.136. The number of ether oxygens (including phenoxy) is 1. The Balaban J connectivity index is 1.44. The highest BCUT2D eigenvalue weighted by atomic mass is 16.5. The van der Waals surface area contributed by atoms with Crippen molar-refractivity contribution < 1.29 is 9.53 Å². The predicted octanol–water partition coefficient (Wildman–Crippen LogP) is 0.908. The van der Waals surface area contributed by atoms with Gasteiger partial charge in [0.25, 0.3) is 5.91 Å². The van der Waals surface area contributed by atoms with Gasteiger partial charge in [0.05, 0.1) is 6.04 Å². The number of aromatic nitrogens is 5. The van der Waals surface area contributed by atoms with Gasteiger partial charge >= 0.3 is 0 Å². The second-order valence-corrected chi connectivity index (χ2v) is 5.48. The van der Waals surface area contributed by atoms with Gasteiger partial charge in [-0.05, 0) is 25.1 Å². The molecule has 0 spiro atoms. The third-order valence-corrected chi connectivity index (χ3v) is 4.14. The van der Waals surface area contributed by atoms with Crippen LogP contribution in [-0.2, 0) is 11.3 Å². The van der Waals surface area contributed by atoms with Crippen LogP contribution < -0.4 is 4.74 Å². The Kier molecular flexibility index (Phi) is 3.22. The van der Waals surface area contributed by atoms with Crippen molar-refractivity contribution in [3.63, 3.8) is 0 Å². The lowest BCUT2D eigenvalue weighted by Gasteiger charge is -2.34. The van der Waals surface area contributed by atoms with Gasteiger partial charge < -0.3 is 14.2 Å². The molecule has 0 fully saturated rings. The van der Waals surface area contributed by atoms with Gasteiger partial charge in [0, 0.05) is 31.0 Å². The predicted molar refractivity (Wildman–Crippen MR) is 80.8 cm³/mol. The number of fused-ring (bicyclic) bond motifs is 2. The van der Waals surface area contributed by atoms with E-state index in [9.17, 15) is 4.79 Å². The van der Waals surface area contributed by atoms with E-state index < -0.39 is 0 Å². The van der Waals surface area contributed by atoms with Crippen molar-refractivity contribution in [3.05, 3.63) is 42.5 Å². The van der Waals surface area contributed by atoms with E-state index in [1.54, 1.807) is 12.1 Å². The van der Waals surface area contributed by atoms with E-state index in [-0.39, 0.29) is 18.6 Å². The monoisotopic (exact) mass is 312 g/mol. The number of carbonyl (C=O) groups excluding carboxylic acids is 1. The molecule has 0 bridgehead atoms.